The van der Waals surface area contributed by atoms with E-state index in [1.54, 1.807) is 7.11 Å². The molecule has 0 unspecified atom stereocenters. The number of hydrogen-bond acceptors (Lipinski definition) is 5. The fourth-order valence-electron chi connectivity index (χ4n) is 4.24. The van der Waals surface area contributed by atoms with Crippen LogP contribution in [0.4, 0.5) is 0 Å². The Hall–Kier alpha value is -1.79. The van der Waals surface area contributed by atoms with Crippen molar-refractivity contribution in [3.05, 3.63) is 23.8 Å². The van der Waals surface area contributed by atoms with Crippen LogP contribution < -0.4 is 15.2 Å². The number of rotatable bonds is 7. The van der Waals surface area contributed by atoms with Crippen LogP contribution in [0.2, 0.25) is 0 Å². The summed E-state index contributed by atoms with van der Waals surface area (Å²) in [5, 5.41) is 9.15. The van der Waals surface area contributed by atoms with Gasteiger partial charge in [-0.15, -0.1) is 0 Å². The van der Waals surface area contributed by atoms with Gasteiger partial charge in [-0.25, -0.2) is 0 Å². The van der Waals surface area contributed by atoms with Gasteiger partial charge in [-0.2, -0.15) is 0 Å². The van der Waals surface area contributed by atoms with Crippen molar-refractivity contribution in [3.8, 4) is 11.5 Å². The predicted octanol–water partition coefficient (Wildman–Crippen LogP) is 3.29. The van der Waals surface area contributed by atoms with E-state index in [1.165, 1.54) is 0 Å². The lowest BCUT2D eigenvalue weighted by molar-refractivity contribution is -0.162. The molecule has 1 saturated heterocycles. The molecule has 3 N–H and O–H groups in total. The first-order valence-electron chi connectivity index (χ1n) is 9.41. The molecule has 2 aliphatic rings. The molecule has 0 aromatic heterocycles. The molecule has 4 atom stereocenters. The Bertz CT molecular complexity index is 649. The highest BCUT2D eigenvalue weighted by Gasteiger charge is 2.49. The Balaban J connectivity index is 1.90. The van der Waals surface area contributed by atoms with Crippen molar-refractivity contribution in [3.63, 3.8) is 0 Å². The summed E-state index contributed by atoms with van der Waals surface area (Å²) in [6.45, 7) is 2.68. The molecule has 0 amide bonds. The maximum atomic E-state index is 11.1. The van der Waals surface area contributed by atoms with Crippen LogP contribution >= 0.6 is 0 Å². The Morgan fingerprint density at radius 3 is 2.92 bits per heavy atom. The molecule has 0 spiro atoms. The van der Waals surface area contributed by atoms with Crippen LogP contribution in [0, 0.1) is 5.92 Å². The van der Waals surface area contributed by atoms with Crippen LogP contribution in [0.1, 0.15) is 57.1 Å². The van der Waals surface area contributed by atoms with Crippen LogP contribution in [0.15, 0.2) is 18.2 Å². The smallest absolute Gasteiger partial charge is 0.303 e. The lowest BCUT2D eigenvalue weighted by Crippen LogP contribution is -2.50. The van der Waals surface area contributed by atoms with Gasteiger partial charge in [0.1, 0.15) is 17.1 Å². The SMILES string of the molecule is COc1ccc2c(c1)O[C@@](C)(CCC(=O)O)[C@@H]1CC[C@@H](CCCN)O[C@@H]21. The highest BCUT2D eigenvalue weighted by atomic mass is 16.5. The Labute approximate surface area is 154 Å². The topological polar surface area (TPSA) is 91.0 Å². The third-order valence-corrected chi connectivity index (χ3v) is 5.72. The van der Waals surface area contributed by atoms with E-state index < -0.39 is 11.6 Å². The van der Waals surface area contributed by atoms with Gasteiger partial charge < -0.3 is 25.1 Å². The molecule has 1 aromatic rings. The molecule has 2 aliphatic heterocycles. The molecule has 0 radical (unpaired) electrons. The molecule has 0 aliphatic carbocycles. The average Bonchev–Trinajstić information content (AvgIpc) is 2.64. The van der Waals surface area contributed by atoms with Crippen molar-refractivity contribution >= 4 is 5.97 Å². The quantitative estimate of drug-likeness (QED) is 0.772. The van der Waals surface area contributed by atoms with Gasteiger partial charge in [-0.3, -0.25) is 4.79 Å². The monoisotopic (exact) mass is 363 g/mol. The minimum atomic E-state index is -0.805. The highest BCUT2D eigenvalue weighted by molar-refractivity contribution is 5.66. The van der Waals surface area contributed by atoms with Crippen molar-refractivity contribution in [2.75, 3.05) is 13.7 Å². The van der Waals surface area contributed by atoms with E-state index in [-0.39, 0.29) is 24.5 Å². The maximum absolute atomic E-state index is 11.1. The summed E-state index contributed by atoms with van der Waals surface area (Å²) in [7, 11) is 1.62. The Kier molecular flexibility index (Phi) is 5.73. The van der Waals surface area contributed by atoms with Crippen molar-refractivity contribution in [2.24, 2.45) is 11.7 Å². The van der Waals surface area contributed by atoms with Gasteiger partial charge in [0.2, 0.25) is 0 Å². The third kappa shape index (κ3) is 3.81. The van der Waals surface area contributed by atoms with Crippen LogP contribution in [0.3, 0.4) is 0 Å². The van der Waals surface area contributed by atoms with E-state index in [4.69, 9.17) is 25.1 Å². The minimum Gasteiger partial charge on any atom is -0.497 e. The van der Waals surface area contributed by atoms with Gasteiger partial charge in [0.25, 0.3) is 0 Å². The fourth-order valence-corrected chi connectivity index (χ4v) is 4.24. The van der Waals surface area contributed by atoms with Crippen molar-refractivity contribution in [1.82, 2.24) is 0 Å². The van der Waals surface area contributed by atoms with Crippen molar-refractivity contribution in [1.29, 1.82) is 0 Å². The second kappa shape index (κ2) is 7.84. The molecule has 3 rings (SSSR count). The summed E-state index contributed by atoms with van der Waals surface area (Å²) in [6.07, 6.45) is 4.46. The maximum Gasteiger partial charge on any atom is 0.303 e. The first-order chi connectivity index (χ1) is 12.5. The van der Waals surface area contributed by atoms with E-state index in [9.17, 15) is 4.79 Å². The molecule has 0 saturated carbocycles. The van der Waals surface area contributed by atoms with Crippen LogP contribution in [-0.4, -0.2) is 36.4 Å². The highest BCUT2D eigenvalue weighted by Crippen LogP contribution is 2.53. The van der Waals surface area contributed by atoms with Gasteiger partial charge in [0.05, 0.1) is 19.3 Å². The largest absolute Gasteiger partial charge is 0.497 e. The van der Waals surface area contributed by atoms with E-state index in [0.717, 1.165) is 42.7 Å². The van der Waals surface area contributed by atoms with Crippen molar-refractivity contribution in [2.45, 2.75) is 63.3 Å². The number of ether oxygens (including phenoxy) is 3. The zero-order valence-electron chi connectivity index (χ0n) is 15.6. The lowest BCUT2D eigenvalue weighted by Gasteiger charge is -2.50. The molecule has 6 heteroatoms. The summed E-state index contributed by atoms with van der Waals surface area (Å²) >= 11 is 0. The molecule has 6 nitrogen and oxygen atoms in total. The molecule has 2 heterocycles. The number of carboxylic acids is 1. The average molecular weight is 363 g/mol. The zero-order chi connectivity index (χ0) is 18.7. The fraction of sp³-hybridized carbons (Fsp3) is 0.650. The molecule has 0 bridgehead atoms. The van der Waals surface area contributed by atoms with Crippen LogP contribution in [0.5, 0.6) is 11.5 Å². The molecule has 1 aromatic carbocycles. The Morgan fingerprint density at radius 1 is 1.42 bits per heavy atom. The number of methoxy groups -OCH3 is 1. The van der Waals surface area contributed by atoms with Crippen LogP contribution in [0.25, 0.3) is 0 Å². The van der Waals surface area contributed by atoms with Gasteiger partial charge in [-0.1, -0.05) is 0 Å². The van der Waals surface area contributed by atoms with Gasteiger partial charge >= 0.3 is 5.97 Å². The summed E-state index contributed by atoms with van der Waals surface area (Å²) in [4.78, 5) is 11.1. The van der Waals surface area contributed by atoms with Crippen LogP contribution in [-0.2, 0) is 9.53 Å². The molecule has 26 heavy (non-hydrogen) atoms. The normalized spacial score (nSPS) is 30.0. The first-order valence-corrected chi connectivity index (χ1v) is 9.41. The molecule has 144 valence electrons. The predicted molar refractivity (Wildman–Crippen MR) is 97.5 cm³/mol. The summed E-state index contributed by atoms with van der Waals surface area (Å²) in [5.41, 5.74) is 6.11. The first kappa shape index (κ1) is 19.0. The van der Waals surface area contributed by atoms with Crippen molar-refractivity contribution < 1.29 is 24.1 Å². The standard InChI is InChI=1S/C20H29NO5/c1-20(10-9-18(22)23)16-8-6-13(4-3-11-21)25-19(16)15-7-5-14(24-2)12-17(15)26-20/h5,7,12-13,16,19H,3-4,6,8-11,21H2,1-2H3,(H,22,23)/t13-,16-,19+,20+/m1/s1. The summed E-state index contributed by atoms with van der Waals surface area (Å²) in [6, 6.07) is 5.80. The number of nitrogens with two attached hydrogens (primary N) is 1. The minimum absolute atomic E-state index is 0.0790. The second-order valence-electron chi connectivity index (χ2n) is 7.51. The second-order valence-corrected chi connectivity index (χ2v) is 7.51. The molecular weight excluding hydrogens is 334 g/mol. The lowest BCUT2D eigenvalue weighted by atomic mass is 9.72. The van der Waals surface area contributed by atoms with Gasteiger partial charge in [0, 0.05) is 24.0 Å². The number of carboxylic acid groups (broad SMARTS) is 1. The molecule has 1 fully saturated rings. The third-order valence-electron chi connectivity index (χ3n) is 5.72. The van der Waals surface area contributed by atoms with E-state index in [1.807, 2.05) is 25.1 Å². The zero-order valence-corrected chi connectivity index (χ0v) is 15.6. The van der Waals surface area contributed by atoms with E-state index in [2.05, 4.69) is 0 Å². The van der Waals surface area contributed by atoms with Gasteiger partial charge in [-0.05, 0) is 57.7 Å². The number of aliphatic carboxylic acids is 1. The summed E-state index contributed by atoms with van der Waals surface area (Å²) < 4.78 is 18.2. The number of fused-ring (bicyclic) bond motifs is 3. The van der Waals surface area contributed by atoms with E-state index >= 15 is 0 Å². The summed E-state index contributed by atoms with van der Waals surface area (Å²) in [5.74, 6) is 0.786. The van der Waals surface area contributed by atoms with Gasteiger partial charge in [0.15, 0.2) is 0 Å². The Morgan fingerprint density at radius 2 is 2.23 bits per heavy atom. The number of hydrogen-bond donors (Lipinski definition) is 2. The number of carbonyl (C=O) groups is 1. The van der Waals surface area contributed by atoms with E-state index in [0.29, 0.717) is 13.0 Å². The molecular formula is C20H29NO5. The number of benzene rings is 1.